The minimum absolute atomic E-state index is 0. The Bertz CT molecular complexity index is 376. The summed E-state index contributed by atoms with van der Waals surface area (Å²) in [6, 6.07) is 6.61. The molecular weight excluding hydrogens is 204 g/mol. The summed E-state index contributed by atoms with van der Waals surface area (Å²) in [6.45, 7) is 0.237. The van der Waals surface area contributed by atoms with Crippen molar-refractivity contribution in [2.24, 2.45) is 5.73 Å². The molecule has 1 aromatic carbocycles. The Labute approximate surface area is 87.6 Å². The van der Waals surface area contributed by atoms with Crippen molar-refractivity contribution < 1.29 is 9.47 Å². The van der Waals surface area contributed by atoms with Gasteiger partial charge in [-0.1, -0.05) is 6.07 Å². The van der Waals surface area contributed by atoms with Crippen LogP contribution in [0.2, 0.25) is 0 Å². The van der Waals surface area contributed by atoms with Gasteiger partial charge >= 0.3 is 0 Å². The quantitative estimate of drug-likeness (QED) is 0.763. The third kappa shape index (κ3) is 1.74. The smallest absolute Gasteiger partial charge is 0.231 e. The summed E-state index contributed by atoms with van der Waals surface area (Å²) in [5, 5.41) is 8.59. The lowest BCUT2D eigenvalue weighted by molar-refractivity contribution is 0.174. The third-order valence-electron chi connectivity index (χ3n) is 1.89. The molecule has 0 aliphatic carbocycles. The molecule has 0 saturated heterocycles. The topological polar surface area (TPSA) is 68.3 Å². The predicted molar refractivity (Wildman–Crippen MR) is 52.4 cm³/mol. The van der Waals surface area contributed by atoms with E-state index in [0.29, 0.717) is 11.5 Å². The summed E-state index contributed by atoms with van der Waals surface area (Å²) in [4.78, 5) is 0. The molecule has 2 rings (SSSR count). The van der Waals surface area contributed by atoms with E-state index in [-0.39, 0.29) is 19.2 Å². The number of nitrogens with zero attached hydrogens (tertiary/aromatic N) is 1. The van der Waals surface area contributed by atoms with Gasteiger partial charge in [0.25, 0.3) is 0 Å². The number of hydrogen-bond donors (Lipinski definition) is 1. The SMILES string of the molecule is Cl.N#C[C@H](N)c1ccc2c(c1)OCO2. The average Bonchev–Trinajstić information content (AvgIpc) is 2.63. The van der Waals surface area contributed by atoms with Crippen LogP contribution in [-0.4, -0.2) is 6.79 Å². The van der Waals surface area contributed by atoms with Crippen LogP contribution < -0.4 is 15.2 Å². The van der Waals surface area contributed by atoms with Crippen LogP contribution in [0.3, 0.4) is 0 Å². The predicted octanol–water partition coefficient (Wildman–Crippen LogP) is 1.36. The molecule has 1 aliphatic heterocycles. The van der Waals surface area contributed by atoms with Crippen LogP contribution in [0.15, 0.2) is 18.2 Å². The van der Waals surface area contributed by atoms with E-state index in [2.05, 4.69) is 0 Å². The second-order valence-corrected chi connectivity index (χ2v) is 2.72. The third-order valence-corrected chi connectivity index (χ3v) is 1.89. The average molecular weight is 213 g/mol. The van der Waals surface area contributed by atoms with Gasteiger partial charge in [0.05, 0.1) is 6.07 Å². The number of nitrogens with two attached hydrogens (primary N) is 1. The minimum atomic E-state index is -0.602. The standard InChI is InChI=1S/C9H8N2O2.ClH/c10-4-7(11)6-1-2-8-9(3-6)13-5-12-8;/h1-3,7H,5,11H2;1H/t7-;/m0./s1. The first-order valence-corrected chi connectivity index (χ1v) is 3.86. The van der Waals surface area contributed by atoms with E-state index in [4.69, 9.17) is 20.5 Å². The lowest BCUT2D eigenvalue weighted by atomic mass is 10.1. The molecule has 1 aromatic rings. The largest absolute Gasteiger partial charge is 0.454 e. The Morgan fingerprint density at radius 1 is 1.36 bits per heavy atom. The molecule has 0 aromatic heterocycles. The van der Waals surface area contributed by atoms with Crippen molar-refractivity contribution in [2.75, 3.05) is 6.79 Å². The van der Waals surface area contributed by atoms with Crippen molar-refractivity contribution in [3.63, 3.8) is 0 Å². The van der Waals surface area contributed by atoms with E-state index in [1.54, 1.807) is 18.2 Å². The monoisotopic (exact) mass is 212 g/mol. The van der Waals surface area contributed by atoms with Gasteiger partial charge < -0.3 is 15.2 Å². The minimum Gasteiger partial charge on any atom is -0.454 e. The van der Waals surface area contributed by atoms with Gasteiger partial charge in [0.1, 0.15) is 6.04 Å². The maximum absolute atomic E-state index is 8.59. The molecule has 1 atom stereocenters. The molecule has 5 heteroatoms. The number of nitriles is 1. The number of fused-ring (bicyclic) bond motifs is 1. The maximum atomic E-state index is 8.59. The van der Waals surface area contributed by atoms with Crippen molar-refractivity contribution in [1.29, 1.82) is 5.26 Å². The normalized spacial score (nSPS) is 14.0. The zero-order chi connectivity index (χ0) is 9.26. The first kappa shape index (κ1) is 10.6. The summed E-state index contributed by atoms with van der Waals surface area (Å²) < 4.78 is 10.3. The number of ether oxygens (including phenoxy) is 2. The molecule has 0 unspecified atom stereocenters. The van der Waals surface area contributed by atoms with Crippen molar-refractivity contribution >= 4 is 12.4 Å². The molecule has 0 fully saturated rings. The number of benzene rings is 1. The van der Waals surface area contributed by atoms with Crippen LogP contribution in [0, 0.1) is 11.3 Å². The summed E-state index contributed by atoms with van der Waals surface area (Å²) in [7, 11) is 0. The van der Waals surface area contributed by atoms with Crippen LogP contribution in [0.1, 0.15) is 11.6 Å². The highest BCUT2D eigenvalue weighted by Crippen LogP contribution is 2.33. The summed E-state index contributed by atoms with van der Waals surface area (Å²) in [6.07, 6.45) is 0. The highest BCUT2D eigenvalue weighted by molar-refractivity contribution is 5.85. The first-order chi connectivity index (χ1) is 6.31. The fourth-order valence-corrected chi connectivity index (χ4v) is 1.18. The van der Waals surface area contributed by atoms with Crippen LogP contribution >= 0.6 is 12.4 Å². The molecule has 1 heterocycles. The van der Waals surface area contributed by atoms with E-state index < -0.39 is 6.04 Å². The Balaban J connectivity index is 0.000000980. The van der Waals surface area contributed by atoms with Crippen LogP contribution in [0.4, 0.5) is 0 Å². The van der Waals surface area contributed by atoms with Gasteiger partial charge in [-0.25, -0.2) is 0 Å². The fraction of sp³-hybridized carbons (Fsp3) is 0.222. The van der Waals surface area contributed by atoms with Gasteiger partial charge in [0, 0.05) is 0 Å². The van der Waals surface area contributed by atoms with Gasteiger partial charge in [0.15, 0.2) is 11.5 Å². The summed E-state index contributed by atoms with van der Waals surface area (Å²) in [5.74, 6) is 1.36. The molecule has 0 amide bonds. The van der Waals surface area contributed by atoms with Gasteiger partial charge in [-0.05, 0) is 17.7 Å². The van der Waals surface area contributed by atoms with E-state index in [1.807, 2.05) is 6.07 Å². The van der Waals surface area contributed by atoms with Crippen molar-refractivity contribution in [1.82, 2.24) is 0 Å². The Morgan fingerprint density at radius 3 is 2.79 bits per heavy atom. The molecule has 1 aliphatic rings. The lowest BCUT2D eigenvalue weighted by Crippen LogP contribution is -2.06. The fourth-order valence-electron chi connectivity index (χ4n) is 1.18. The van der Waals surface area contributed by atoms with Crippen LogP contribution in [0.5, 0.6) is 11.5 Å². The highest BCUT2D eigenvalue weighted by Gasteiger charge is 2.15. The van der Waals surface area contributed by atoms with E-state index >= 15 is 0 Å². The zero-order valence-electron chi connectivity index (χ0n) is 7.27. The molecule has 0 spiro atoms. The van der Waals surface area contributed by atoms with Crippen LogP contribution in [0.25, 0.3) is 0 Å². The summed E-state index contributed by atoms with van der Waals surface area (Å²) >= 11 is 0. The second-order valence-electron chi connectivity index (χ2n) is 2.72. The molecule has 14 heavy (non-hydrogen) atoms. The highest BCUT2D eigenvalue weighted by atomic mass is 35.5. The number of halogens is 1. The van der Waals surface area contributed by atoms with E-state index in [9.17, 15) is 0 Å². The van der Waals surface area contributed by atoms with Crippen molar-refractivity contribution in [3.8, 4) is 17.6 Å². The van der Waals surface area contributed by atoms with Gasteiger partial charge in [-0.15, -0.1) is 12.4 Å². The van der Waals surface area contributed by atoms with Gasteiger partial charge in [0.2, 0.25) is 6.79 Å². The van der Waals surface area contributed by atoms with Crippen molar-refractivity contribution in [2.45, 2.75) is 6.04 Å². The summed E-state index contributed by atoms with van der Waals surface area (Å²) in [5.41, 5.74) is 6.27. The van der Waals surface area contributed by atoms with E-state index in [0.717, 1.165) is 5.56 Å². The molecule has 74 valence electrons. The van der Waals surface area contributed by atoms with E-state index in [1.165, 1.54) is 0 Å². The Kier molecular flexibility index (Phi) is 3.18. The molecular formula is C9H9ClN2O2. The second kappa shape index (κ2) is 4.18. The number of hydrogen-bond acceptors (Lipinski definition) is 4. The van der Waals surface area contributed by atoms with Crippen molar-refractivity contribution in [3.05, 3.63) is 23.8 Å². The van der Waals surface area contributed by atoms with Gasteiger partial charge in [-0.2, -0.15) is 5.26 Å². The lowest BCUT2D eigenvalue weighted by Gasteiger charge is -2.03. The first-order valence-electron chi connectivity index (χ1n) is 3.86. The molecule has 0 saturated carbocycles. The zero-order valence-corrected chi connectivity index (χ0v) is 8.08. The maximum Gasteiger partial charge on any atom is 0.231 e. The molecule has 2 N–H and O–H groups in total. The Hall–Kier alpha value is -1.44. The molecule has 4 nitrogen and oxygen atoms in total. The molecule has 0 bridgehead atoms. The molecule has 0 radical (unpaired) electrons. The van der Waals surface area contributed by atoms with Crippen LogP contribution in [-0.2, 0) is 0 Å². The van der Waals surface area contributed by atoms with Gasteiger partial charge in [-0.3, -0.25) is 0 Å². The number of rotatable bonds is 1. The Morgan fingerprint density at radius 2 is 2.07 bits per heavy atom.